The first kappa shape index (κ1) is 11.5. The summed E-state index contributed by atoms with van der Waals surface area (Å²) in [6.45, 7) is 7.28. The van der Waals surface area contributed by atoms with Crippen LogP contribution in [0, 0.1) is 0 Å². The molecule has 2 bridgehead atoms. The number of nitrogens with zero attached hydrogens (tertiary/aromatic N) is 1. The lowest BCUT2D eigenvalue weighted by Crippen LogP contribution is -2.47. The van der Waals surface area contributed by atoms with Gasteiger partial charge in [0.15, 0.2) is 5.96 Å². The van der Waals surface area contributed by atoms with Gasteiger partial charge < -0.3 is 15.4 Å². The zero-order valence-corrected chi connectivity index (χ0v) is 9.91. The molecule has 90 valence electrons. The Morgan fingerprint density at radius 3 is 3.00 bits per heavy atom. The molecule has 2 aliphatic heterocycles. The van der Waals surface area contributed by atoms with Crippen LogP contribution in [0.2, 0.25) is 0 Å². The number of rotatable bonds is 4. The van der Waals surface area contributed by atoms with E-state index in [0.717, 1.165) is 18.9 Å². The third-order valence-corrected chi connectivity index (χ3v) is 3.15. The molecule has 2 aliphatic rings. The van der Waals surface area contributed by atoms with Gasteiger partial charge in [-0.3, -0.25) is 0 Å². The Kier molecular flexibility index (Phi) is 3.83. The number of ether oxygens (including phenoxy) is 1. The maximum atomic E-state index is 5.80. The van der Waals surface area contributed by atoms with E-state index in [1.807, 2.05) is 0 Å². The van der Waals surface area contributed by atoms with Crippen LogP contribution in [0.1, 0.15) is 26.2 Å². The monoisotopic (exact) mass is 223 g/mol. The van der Waals surface area contributed by atoms with Gasteiger partial charge in [0.05, 0.1) is 24.8 Å². The maximum Gasteiger partial charge on any atom is 0.191 e. The number of hydrogen-bond acceptors (Lipinski definition) is 2. The molecule has 3 atom stereocenters. The lowest BCUT2D eigenvalue weighted by molar-refractivity contribution is 0.0992. The molecule has 0 spiro atoms. The number of hydrogen-bond donors (Lipinski definition) is 2. The molecule has 2 N–H and O–H groups in total. The molecule has 4 nitrogen and oxygen atoms in total. The summed E-state index contributed by atoms with van der Waals surface area (Å²) in [6.07, 6.45) is 6.19. The normalized spacial score (nSPS) is 32.8. The molecule has 2 fully saturated rings. The summed E-state index contributed by atoms with van der Waals surface area (Å²) >= 11 is 0. The second-order valence-electron chi connectivity index (χ2n) is 4.37. The Bertz CT molecular complexity index is 277. The van der Waals surface area contributed by atoms with Gasteiger partial charge in [0, 0.05) is 6.54 Å². The van der Waals surface area contributed by atoms with Crippen LogP contribution in [0.4, 0.5) is 0 Å². The number of fused-ring (bicyclic) bond motifs is 2. The van der Waals surface area contributed by atoms with E-state index in [1.54, 1.807) is 6.08 Å². The molecule has 2 rings (SSSR count). The average molecular weight is 223 g/mol. The number of guanidine groups is 1. The molecule has 0 aromatic rings. The van der Waals surface area contributed by atoms with E-state index in [2.05, 4.69) is 29.1 Å². The van der Waals surface area contributed by atoms with Gasteiger partial charge in [0.1, 0.15) is 0 Å². The van der Waals surface area contributed by atoms with Gasteiger partial charge in [-0.25, -0.2) is 4.99 Å². The molecule has 2 saturated heterocycles. The fraction of sp³-hybridized carbons (Fsp3) is 0.750. The molecule has 0 radical (unpaired) electrons. The molecule has 0 amide bonds. The summed E-state index contributed by atoms with van der Waals surface area (Å²) in [4.78, 5) is 4.40. The van der Waals surface area contributed by atoms with Gasteiger partial charge in [-0.15, -0.1) is 6.58 Å². The Morgan fingerprint density at radius 1 is 1.56 bits per heavy atom. The van der Waals surface area contributed by atoms with Crippen LogP contribution in [0.3, 0.4) is 0 Å². The van der Waals surface area contributed by atoms with Crippen LogP contribution in [-0.2, 0) is 4.74 Å². The van der Waals surface area contributed by atoms with Gasteiger partial charge in [-0.05, 0) is 26.2 Å². The van der Waals surface area contributed by atoms with Crippen molar-refractivity contribution < 1.29 is 4.74 Å². The predicted octanol–water partition coefficient (Wildman–Crippen LogP) is 1.05. The van der Waals surface area contributed by atoms with Crippen LogP contribution >= 0.6 is 0 Å². The van der Waals surface area contributed by atoms with Crippen LogP contribution in [0.15, 0.2) is 17.6 Å². The summed E-state index contributed by atoms with van der Waals surface area (Å²) in [5, 5.41) is 6.69. The largest absolute Gasteiger partial charge is 0.373 e. The van der Waals surface area contributed by atoms with Crippen molar-refractivity contribution in [1.29, 1.82) is 0 Å². The van der Waals surface area contributed by atoms with Crippen LogP contribution in [0.5, 0.6) is 0 Å². The third-order valence-electron chi connectivity index (χ3n) is 3.15. The second kappa shape index (κ2) is 5.34. The fourth-order valence-corrected chi connectivity index (χ4v) is 2.44. The minimum Gasteiger partial charge on any atom is -0.373 e. The molecule has 4 heteroatoms. The van der Waals surface area contributed by atoms with Gasteiger partial charge >= 0.3 is 0 Å². The smallest absolute Gasteiger partial charge is 0.191 e. The summed E-state index contributed by atoms with van der Waals surface area (Å²) in [6, 6.07) is 0.432. The summed E-state index contributed by atoms with van der Waals surface area (Å²) in [5.41, 5.74) is 0. The Labute approximate surface area is 97.2 Å². The van der Waals surface area contributed by atoms with E-state index in [1.165, 1.54) is 12.8 Å². The van der Waals surface area contributed by atoms with Gasteiger partial charge in [-0.1, -0.05) is 6.08 Å². The lowest BCUT2D eigenvalue weighted by Gasteiger charge is -2.22. The van der Waals surface area contributed by atoms with Crippen molar-refractivity contribution in [1.82, 2.24) is 10.6 Å². The van der Waals surface area contributed by atoms with Crippen molar-refractivity contribution in [2.75, 3.05) is 13.1 Å². The standard InChI is InChI=1S/C12H21N3O/c1-3-7-14-12(13-4-2)15-10-8-9-5-6-11(10)16-9/h3,9-11H,1,4-8H2,2H3,(H2,13,14,15). The molecule has 0 aliphatic carbocycles. The zero-order valence-electron chi connectivity index (χ0n) is 9.91. The molecule has 0 aromatic heterocycles. The molecule has 0 aromatic carbocycles. The minimum absolute atomic E-state index is 0.387. The second-order valence-corrected chi connectivity index (χ2v) is 4.37. The van der Waals surface area contributed by atoms with E-state index in [4.69, 9.17) is 4.74 Å². The van der Waals surface area contributed by atoms with Crippen molar-refractivity contribution >= 4 is 5.96 Å². The number of aliphatic imine (C=N–C) groups is 1. The Hall–Kier alpha value is -1.03. The van der Waals surface area contributed by atoms with Crippen molar-refractivity contribution in [3.8, 4) is 0 Å². The SMILES string of the molecule is C=CCN=C(NCC)NC1CC2CCC1O2. The topological polar surface area (TPSA) is 45.7 Å². The Morgan fingerprint density at radius 2 is 2.44 bits per heavy atom. The average Bonchev–Trinajstić information content (AvgIpc) is 2.88. The quantitative estimate of drug-likeness (QED) is 0.425. The summed E-state index contributed by atoms with van der Waals surface area (Å²) in [7, 11) is 0. The van der Waals surface area contributed by atoms with Gasteiger partial charge in [0.2, 0.25) is 0 Å². The first-order valence-electron chi connectivity index (χ1n) is 6.14. The molecule has 16 heavy (non-hydrogen) atoms. The van der Waals surface area contributed by atoms with E-state index in [9.17, 15) is 0 Å². The summed E-state index contributed by atoms with van der Waals surface area (Å²) < 4.78 is 5.80. The van der Waals surface area contributed by atoms with Crippen molar-refractivity contribution in [3.05, 3.63) is 12.7 Å². The maximum absolute atomic E-state index is 5.80. The highest BCUT2D eigenvalue weighted by Gasteiger charge is 2.40. The minimum atomic E-state index is 0.387. The lowest BCUT2D eigenvalue weighted by atomic mass is 9.96. The molecular formula is C12H21N3O. The van der Waals surface area contributed by atoms with Crippen LogP contribution in [0.25, 0.3) is 0 Å². The Balaban J connectivity index is 1.87. The third kappa shape index (κ3) is 2.55. The van der Waals surface area contributed by atoms with Gasteiger partial charge in [-0.2, -0.15) is 0 Å². The van der Waals surface area contributed by atoms with E-state index >= 15 is 0 Å². The number of nitrogens with one attached hydrogen (secondary N) is 2. The highest BCUT2D eigenvalue weighted by atomic mass is 16.5. The van der Waals surface area contributed by atoms with E-state index in [-0.39, 0.29) is 0 Å². The fourth-order valence-electron chi connectivity index (χ4n) is 2.44. The zero-order chi connectivity index (χ0) is 11.4. The van der Waals surface area contributed by atoms with Crippen molar-refractivity contribution in [2.24, 2.45) is 4.99 Å². The van der Waals surface area contributed by atoms with Crippen molar-refractivity contribution in [3.63, 3.8) is 0 Å². The van der Waals surface area contributed by atoms with E-state index < -0.39 is 0 Å². The van der Waals surface area contributed by atoms with Crippen LogP contribution < -0.4 is 10.6 Å². The predicted molar refractivity (Wildman–Crippen MR) is 65.6 cm³/mol. The highest BCUT2D eigenvalue weighted by Crippen LogP contribution is 2.34. The molecule has 3 unspecified atom stereocenters. The summed E-state index contributed by atoms with van der Waals surface area (Å²) in [5.74, 6) is 0.878. The molecule has 0 saturated carbocycles. The molecular weight excluding hydrogens is 202 g/mol. The first-order chi connectivity index (χ1) is 7.83. The van der Waals surface area contributed by atoms with E-state index in [0.29, 0.717) is 24.8 Å². The highest BCUT2D eigenvalue weighted by molar-refractivity contribution is 5.80. The molecule has 2 heterocycles. The van der Waals surface area contributed by atoms with Crippen molar-refractivity contribution in [2.45, 2.75) is 44.4 Å². The first-order valence-corrected chi connectivity index (χ1v) is 6.14. The van der Waals surface area contributed by atoms with Gasteiger partial charge in [0.25, 0.3) is 0 Å². The van der Waals surface area contributed by atoms with Crippen LogP contribution in [-0.4, -0.2) is 37.3 Å².